The van der Waals surface area contributed by atoms with E-state index in [1.54, 1.807) is 0 Å². The molecule has 2 heterocycles. The predicted octanol–water partition coefficient (Wildman–Crippen LogP) is 3.44. The summed E-state index contributed by atoms with van der Waals surface area (Å²) in [5.41, 5.74) is 1.23. The van der Waals surface area contributed by atoms with Crippen molar-refractivity contribution >= 4 is 11.6 Å². The van der Waals surface area contributed by atoms with Gasteiger partial charge in [0.25, 0.3) is 0 Å². The van der Waals surface area contributed by atoms with Crippen molar-refractivity contribution in [2.45, 2.75) is 51.2 Å². The van der Waals surface area contributed by atoms with Gasteiger partial charge in [-0.2, -0.15) is 0 Å². The molecule has 0 saturated carbocycles. The van der Waals surface area contributed by atoms with Crippen molar-refractivity contribution in [2.24, 2.45) is 5.92 Å². The summed E-state index contributed by atoms with van der Waals surface area (Å²) in [5.74, 6) is 0.844. The molecule has 1 N–H and O–H groups in total. The van der Waals surface area contributed by atoms with Gasteiger partial charge in [0.1, 0.15) is 0 Å². The topological polar surface area (TPSA) is 26.7 Å². The van der Waals surface area contributed by atoms with E-state index in [4.69, 9.17) is 11.6 Å². The van der Waals surface area contributed by atoms with Crippen LogP contribution < -0.4 is 0 Å². The Kier molecular flexibility index (Phi) is 6.56. The van der Waals surface area contributed by atoms with Crippen LogP contribution in [0.15, 0.2) is 24.3 Å². The Morgan fingerprint density at radius 1 is 1.12 bits per heavy atom. The zero-order valence-electron chi connectivity index (χ0n) is 14.8. The fraction of sp³-hybridized carbons (Fsp3) is 0.700. The monoisotopic (exact) mass is 350 g/mol. The third kappa shape index (κ3) is 4.95. The maximum atomic E-state index is 10.6. The number of likely N-dealkylation sites (tertiary alicyclic amines) is 2. The average molecular weight is 351 g/mol. The first-order valence-electron chi connectivity index (χ1n) is 9.49. The van der Waals surface area contributed by atoms with Crippen molar-refractivity contribution in [1.29, 1.82) is 0 Å². The van der Waals surface area contributed by atoms with Crippen molar-refractivity contribution in [1.82, 2.24) is 9.80 Å². The van der Waals surface area contributed by atoms with Crippen LogP contribution in [0.1, 0.15) is 38.2 Å². The fourth-order valence-electron chi connectivity index (χ4n) is 4.16. The molecule has 1 aromatic carbocycles. The normalized spacial score (nSPS) is 25.2. The number of nitrogens with zero attached hydrogens (tertiary/aromatic N) is 2. The number of piperidine rings is 1. The van der Waals surface area contributed by atoms with E-state index < -0.39 is 0 Å². The van der Waals surface area contributed by atoms with Gasteiger partial charge in [-0.25, -0.2) is 0 Å². The summed E-state index contributed by atoms with van der Waals surface area (Å²) in [6.45, 7) is 7.33. The summed E-state index contributed by atoms with van der Waals surface area (Å²) in [7, 11) is 0. The van der Waals surface area contributed by atoms with E-state index >= 15 is 0 Å². The van der Waals surface area contributed by atoms with Crippen LogP contribution in [-0.2, 0) is 6.42 Å². The van der Waals surface area contributed by atoms with Gasteiger partial charge >= 0.3 is 0 Å². The van der Waals surface area contributed by atoms with E-state index in [1.165, 1.54) is 31.2 Å². The van der Waals surface area contributed by atoms with Crippen molar-refractivity contribution in [2.75, 3.05) is 32.7 Å². The lowest BCUT2D eigenvalue weighted by molar-refractivity contribution is 0.0577. The lowest BCUT2D eigenvalue weighted by atomic mass is 9.99. The van der Waals surface area contributed by atoms with Crippen LogP contribution in [0.5, 0.6) is 0 Å². The molecule has 0 amide bonds. The van der Waals surface area contributed by atoms with Crippen molar-refractivity contribution < 1.29 is 5.11 Å². The van der Waals surface area contributed by atoms with Gasteiger partial charge in [-0.1, -0.05) is 36.7 Å². The molecule has 0 aliphatic carbocycles. The molecular formula is C20H31ClN2O. The van der Waals surface area contributed by atoms with E-state index in [1.807, 2.05) is 12.1 Å². The largest absolute Gasteiger partial charge is 0.390 e. The zero-order chi connectivity index (χ0) is 16.9. The second kappa shape index (κ2) is 8.66. The van der Waals surface area contributed by atoms with Gasteiger partial charge in [-0.3, -0.25) is 4.90 Å². The van der Waals surface area contributed by atoms with Crippen molar-refractivity contribution in [3.8, 4) is 0 Å². The standard InChI is InChI=1S/C20H31ClN2O/c1-16-8-11-22(12-9-16)14-19(24)15-23-10-4-6-18(23)13-17-5-2-3-7-20(17)21/h2-3,5,7,16,18-19,24H,4,6,8-15H2,1H3. The number of rotatable bonds is 6. The number of hydrogen-bond donors (Lipinski definition) is 1. The summed E-state index contributed by atoms with van der Waals surface area (Å²) >= 11 is 6.32. The van der Waals surface area contributed by atoms with E-state index in [0.29, 0.717) is 6.04 Å². The quantitative estimate of drug-likeness (QED) is 0.851. The Bertz CT molecular complexity index is 516. The number of β-amino-alcohol motifs (C(OH)–C–C–N with tert-alkyl or cyclic N) is 1. The Hall–Kier alpha value is -0.610. The highest BCUT2D eigenvalue weighted by Crippen LogP contribution is 2.25. The van der Waals surface area contributed by atoms with Gasteiger partial charge in [-0.15, -0.1) is 0 Å². The molecular weight excluding hydrogens is 320 g/mol. The van der Waals surface area contributed by atoms with Crippen LogP contribution in [0.2, 0.25) is 5.02 Å². The molecule has 0 spiro atoms. The van der Waals surface area contributed by atoms with Gasteiger partial charge < -0.3 is 10.0 Å². The molecule has 24 heavy (non-hydrogen) atoms. The first kappa shape index (κ1) is 18.2. The molecule has 0 bridgehead atoms. The van der Waals surface area contributed by atoms with E-state index in [0.717, 1.165) is 50.1 Å². The average Bonchev–Trinajstić information content (AvgIpc) is 2.99. The Balaban J connectivity index is 1.49. The summed E-state index contributed by atoms with van der Waals surface area (Å²) in [6, 6.07) is 8.67. The fourth-order valence-corrected chi connectivity index (χ4v) is 4.37. The minimum atomic E-state index is -0.245. The second-order valence-electron chi connectivity index (χ2n) is 7.72. The molecule has 0 radical (unpaired) electrons. The molecule has 2 saturated heterocycles. The highest BCUT2D eigenvalue weighted by Gasteiger charge is 2.28. The van der Waals surface area contributed by atoms with Crippen molar-refractivity contribution in [3.05, 3.63) is 34.9 Å². The number of aliphatic hydroxyl groups excluding tert-OH is 1. The number of halogens is 1. The third-order valence-corrected chi connectivity index (χ3v) is 6.07. The van der Waals surface area contributed by atoms with Gasteiger partial charge in [0.05, 0.1) is 6.10 Å². The SMILES string of the molecule is CC1CCN(CC(O)CN2CCCC2Cc2ccccc2Cl)CC1. The minimum Gasteiger partial charge on any atom is -0.390 e. The number of hydrogen-bond acceptors (Lipinski definition) is 3. The van der Waals surface area contributed by atoms with Gasteiger partial charge in [0, 0.05) is 24.2 Å². The van der Waals surface area contributed by atoms with E-state index in [2.05, 4.69) is 28.9 Å². The summed E-state index contributed by atoms with van der Waals surface area (Å²) < 4.78 is 0. The molecule has 2 aliphatic heterocycles. The van der Waals surface area contributed by atoms with Crippen LogP contribution in [0.25, 0.3) is 0 Å². The summed E-state index contributed by atoms with van der Waals surface area (Å²) in [5, 5.41) is 11.4. The third-order valence-electron chi connectivity index (χ3n) is 5.70. The van der Waals surface area contributed by atoms with Crippen LogP contribution in [0.3, 0.4) is 0 Å². The Morgan fingerprint density at radius 2 is 1.88 bits per heavy atom. The van der Waals surface area contributed by atoms with Crippen LogP contribution in [-0.4, -0.2) is 59.8 Å². The number of benzene rings is 1. The molecule has 1 aromatic rings. The van der Waals surface area contributed by atoms with Gasteiger partial charge in [0.15, 0.2) is 0 Å². The number of aliphatic hydroxyl groups is 1. The lowest BCUT2D eigenvalue weighted by Crippen LogP contribution is -2.44. The van der Waals surface area contributed by atoms with Gasteiger partial charge in [-0.05, 0) is 69.3 Å². The highest BCUT2D eigenvalue weighted by atomic mass is 35.5. The molecule has 0 aromatic heterocycles. The molecule has 2 aliphatic rings. The smallest absolute Gasteiger partial charge is 0.0793 e. The molecule has 134 valence electrons. The van der Waals surface area contributed by atoms with Crippen LogP contribution in [0, 0.1) is 5.92 Å². The van der Waals surface area contributed by atoms with E-state index in [-0.39, 0.29) is 6.10 Å². The maximum Gasteiger partial charge on any atom is 0.0793 e. The maximum absolute atomic E-state index is 10.6. The molecule has 3 nitrogen and oxygen atoms in total. The van der Waals surface area contributed by atoms with Crippen molar-refractivity contribution in [3.63, 3.8) is 0 Å². The van der Waals surface area contributed by atoms with Crippen LogP contribution >= 0.6 is 11.6 Å². The molecule has 2 atom stereocenters. The predicted molar refractivity (Wildman–Crippen MR) is 101 cm³/mol. The molecule has 4 heteroatoms. The summed E-state index contributed by atoms with van der Waals surface area (Å²) in [6.07, 6.45) is 5.72. The highest BCUT2D eigenvalue weighted by molar-refractivity contribution is 6.31. The van der Waals surface area contributed by atoms with Gasteiger partial charge in [0.2, 0.25) is 0 Å². The Morgan fingerprint density at radius 3 is 2.62 bits per heavy atom. The molecule has 2 fully saturated rings. The first-order chi connectivity index (χ1) is 11.6. The summed E-state index contributed by atoms with van der Waals surface area (Å²) in [4.78, 5) is 4.91. The first-order valence-corrected chi connectivity index (χ1v) is 9.87. The minimum absolute atomic E-state index is 0.245. The van der Waals surface area contributed by atoms with E-state index in [9.17, 15) is 5.11 Å². The lowest BCUT2D eigenvalue weighted by Gasteiger charge is -2.33. The zero-order valence-corrected chi connectivity index (χ0v) is 15.6. The van der Waals surface area contributed by atoms with Crippen LogP contribution in [0.4, 0.5) is 0 Å². The second-order valence-corrected chi connectivity index (χ2v) is 8.13. The molecule has 2 unspecified atom stereocenters. The Labute approximate surface area is 151 Å². The molecule has 3 rings (SSSR count).